The summed E-state index contributed by atoms with van der Waals surface area (Å²) >= 11 is 0. The van der Waals surface area contributed by atoms with Gasteiger partial charge in [-0.1, -0.05) is 0 Å². The normalized spacial score (nSPS) is 19.5. The number of carbonyl (C=O) groups is 3. The van der Waals surface area contributed by atoms with Crippen LogP contribution in [0.4, 0.5) is 4.79 Å². The van der Waals surface area contributed by atoms with E-state index in [9.17, 15) is 14.4 Å². The van der Waals surface area contributed by atoms with Crippen molar-refractivity contribution in [1.82, 2.24) is 10.2 Å². The lowest BCUT2D eigenvalue weighted by Gasteiger charge is -2.30. The first-order valence-corrected chi connectivity index (χ1v) is 22.6. The molecule has 2 atom stereocenters. The van der Waals surface area contributed by atoms with Crippen LogP contribution in [0.15, 0.2) is 0 Å². The minimum absolute atomic E-state index is 0.248. The molecule has 43 heavy (non-hydrogen) atoms. The lowest BCUT2D eigenvalue weighted by Crippen LogP contribution is -2.51. The summed E-state index contributed by atoms with van der Waals surface area (Å²) in [7, 11) is -8.27. The molecule has 2 rings (SSSR count). The summed E-state index contributed by atoms with van der Waals surface area (Å²) in [6.07, 6.45) is 1.70. The van der Waals surface area contributed by atoms with E-state index in [1.54, 1.807) is 18.7 Å². The molecule has 0 aliphatic carbocycles. The zero-order chi connectivity index (χ0) is 32.4. The molecule has 2 saturated heterocycles. The molecule has 1 N–H and O–H groups in total. The molecule has 0 aromatic heterocycles. The highest BCUT2D eigenvalue weighted by Crippen LogP contribution is 2.43. The molecule has 2 fully saturated rings. The van der Waals surface area contributed by atoms with Crippen molar-refractivity contribution in [2.45, 2.75) is 109 Å². The van der Waals surface area contributed by atoms with E-state index in [0.29, 0.717) is 70.2 Å². The molecule has 2 aliphatic rings. The lowest BCUT2D eigenvalue weighted by atomic mass is 10.3. The molecule has 0 spiro atoms. The van der Waals surface area contributed by atoms with Gasteiger partial charge in [-0.05, 0) is 84.7 Å². The van der Waals surface area contributed by atoms with Crippen LogP contribution < -0.4 is 5.32 Å². The van der Waals surface area contributed by atoms with Crippen LogP contribution in [-0.4, -0.2) is 91.7 Å². The molecule has 0 saturated carbocycles. The van der Waals surface area contributed by atoms with Crippen molar-refractivity contribution in [3.63, 3.8) is 0 Å². The van der Waals surface area contributed by atoms with Crippen molar-refractivity contribution >= 4 is 43.2 Å². The highest BCUT2D eigenvalue weighted by molar-refractivity contribution is 6.77. The summed E-state index contributed by atoms with van der Waals surface area (Å²) in [6, 6.07) is 1.34. The Morgan fingerprint density at radius 2 is 1.14 bits per heavy atom. The zero-order valence-corrected chi connectivity index (χ0v) is 30.0. The summed E-state index contributed by atoms with van der Waals surface area (Å²) in [5, 5.41) is 2.98. The van der Waals surface area contributed by atoms with E-state index < -0.39 is 48.0 Å². The quantitative estimate of drug-likeness (QED) is 0.0579. The van der Waals surface area contributed by atoms with Crippen LogP contribution in [0, 0.1) is 0 Å². The second-order valence-electron chi connectivity index (χ2n) is 11.5. The van der Waals surface area contributed by atoms with Gasteiger partial charge >= 0.3 is 31.2 Å². The van der Waals surface area contributed by atoms with E-state index >= 15 is 0 Å². The largest absolute Gasteiger partial charge is 0.513 e. The summed E-state index contributed by atoms with van der Waals surface area (Å²) in [5.41, 5.74) is -1.82. The van der Waals surface area contributed by atoms with Gasteiger partial charge in [0, 0.05) is 33.5 Å². The van der Waals surface area contributed by atoms with Crippen molar-refractivity contribution in [1.29, 1.82) is 0 Å². The summed E-state index contributed by atoms with van der Waals surface area (Å²) in [6.45, 7) is 17.4. The van der Waals surface area contributed by atoms with E-state index in [4.69, 9.17) is 47.3 Å². The summed E-state index contributed by atoms with van der Waals surface area (Å²) in [5.74, 6) is -0.789. The Bertz CT molecular complexity index is 882. The first-order chi connectivity index (χ1) is 20.1. The molecule has 2 unspecified atom stereocenters. The van der Waals surface area contributed by atoms with Crippen molar-refractivity contribution < 1.29 is 61.7 Å². The number of nitrogens with one attached hydrogen (secondary N) is 1. The fraction of sp³-hybridized carbons (Fsp3) is 0.880. The standard InChI is InChI=1S/C25H50N2O13Si3/c1-10-31-39-43(9,40-32-11-2)20-12-15-26-23(30)27(16-13-18-41(7,33-21(3)28)24(5)35-36-24)17-14-19-42(8,34-22(4)29)25(6)37-38-25/h10-20H2,1-9H3,(H,26,30). The third kappa shape index (κ3) is 11.4. The SMILES string of the molecule is CCOO[Si](C)(CCCNC(=O)N(CCC[Si](C)(OC(C)=O)C1(C)OO1)CCC[Si](C)(OC(C)=O)C1(C)OO1)OOCC. The zero-order valence-electron chi connectivity index (χ0n) is 27.0. The molecule has 250 valence electrons. The molecule has 0 radical (unpaired) electrons. The average Bonchev–Trinajstić information content (AvgIpc) is 3.85. The smallest absolute Gasteiger partial charge is 0.406 e. The van der Waals surface area contributed by atoms with Gasteiger partial charge < -0.3 is 19.1 Å². The van der Waals surface area contributed by atoms with Crippen molar-refractivity contribution in [3.05, 3.63) is 0 Å². The maximum atomic E-state index is 13.4. The van der Waals surface area contributed by atoms with Crippen molar-refractivity contribution in [2.24, 2.45) is 0 Å². The third-order valence-corrected chi connectivity index (χ3v) is 18.0. The number of carbonyl (C=O) groups excluding carboxylic acids is 3. The van der Waals surface area contributed by atoms with Crippen LogP contribution in [-0.2, 0) is 56.9 Å². The molecule has 2 amide bonds. The van der Waals surface area contributed by atoms with Gasteiger partial charge in [-0.2, -0.15) is 19.6 Å². The molecule has 0 aromatic carbocycles. The van der Waals surface area contributed by atoms with Crippen LogP contribution in [0.3, 0.4) is 0 Å². The second kappa shape index (κ2) is 16.2. The molecule has 15 nitrogen and oxygen atoms in total. The number of amides is 2. The van der Waals surface area contributed by atoms with E-state index in [1.807, 2.05) is 33.5 Å². The minimum atomic E-state index is -2.76. The maximum absolute atomic E-state index is 13.4. The fourth-order valence-electron chi connectivity index (χ4n) is 4.56. The average molecular weight is 671 g/mol. The van der Waals surface area contributed by atoms with Gasteiger partial charge in [-0.15, -0.1) is 0 Å². The van der Waals surface area contributed by atoms with Gasteiger partial charge in [0.15, 0.2) is 0 Å². The Morgan fingerprint density at radius 1 is 0.721 bits per heavy atom. The number of hydrogen-bond acceptors (Lipinski definition) is 13. The molecular weight excluding hydrogens is 621 g/mol. The van der Waals surface area contributed by atoms with E-state index in [-0.39, 0.29) is 6.03 Å². The summed E-state index contributed by atoms with van der Waals surface area (Å²) < 4.78 is 22.4. The Hall–Kier alpha value is -1.46. The van der Waals surface area contributed by atoms with Gasteiger partial charge in [-0.25, -0.2) is 23.7 Å². The fourth-order valence-corrected chi connectivity index (χ4v) is 11.5. The van der Waals surface area contributed by atoms with Crippen LogP contribution in [0.1, 0.15) is 60.8 Å². The lowest BCUT2D eigenvalue weighted by molar-refractivity contribution is -0.289. The summed E-state index contributed by atoms with van der Waals surface area (Å²) in [4.78, 5) is 69.7. The maximum Gasteiger partial charge on any atom is 0.406 e. The molecule has 2 heterocycles. The molecule has 2 aliphatic heterocycles. The molecule has 0 bridgehead atoms. The van der Waals surface area contributed by atoms with Gasteiger partial charge in [-0.3, -0.25) is 9.59 Å². The van der Waals surface area contributed by atoms with Crippen LogP contribution in [0.2, 0.25) is 37.8 Å². The highest BCUT2D eigenvalue weighted by atomic mass is 28.4. The molecular formula is C25H50N2O13Si3. The Kier molecular flexibility index (Phi) is 14.2. The number of urea groups is 1. The first kappa shape index (κ1) is 37.7. The van der Waals surface area contributed by atoms with E-state index in [0.717, 1.165) is 0 Å². The monoisotopic (exact) mass is 670 g/mol. The Labute approximate surface area is 257 Å². The van der Waals surface area contributed by atoms with E-state index in [1.165, 1.54) is 13.8 Å². The first-order valence-electron chi connectivity index (χ1n) is 14.8. The Morgan fingerprint density at radius 3 is 1.49 bits per heavy atom. The number of hydrogen-bond donors (Lipinski definition) is 1. The Balaban J connectivity index is 2.02. The highest BCUT2D eigenvalue weighted by Gasteiger charge is 2.65. The van der Waals surface area contributed by atoms with E-state index in [2.05, 4.69) is 5.32 Å². The van der Waals surface area contributed by atoms with Crippen molar-refractivity contribution in [3.8, 4) is 0 Å². The van der Waals surface area contributed by atoms with Crippen LogP contribution >= 0.6 is 0 Å². The van der Waals surface area contributed by atoms with Gasteiger partial charge in [0.1, 0.15) is 0 Å². The number of rotatable bonds is 22. The van der Waals surface area contributed by atoms with Gasteiger partial charge in [0.25, 0.3) is 22.8 Å². The van der Waals surface area contributed by atoms with Crippen molar-refractivity contribution in [2.75, 3.05) is 32.8 Å². The predicted molar refractivity (Wildman–Crippen MR) is 158 cm³/mol. The second-order valence-corrected chi connectivity index (χ2v) is 22.8. The number of nitrogens with zero attached hydrogens (tertiary/aromatic N) is 1. The minimum Gasteiger partial charge on any atom is -0.513 e. The predicted octanol–water partition coefficient (Wildman–Crippen LogP) is 3.89. The van der Waals surface area contributed by atoms with Gasteiger partial charge in [0.05, 0.1) is 13.2 Å². The van der Waals surface area contributed by atoms with Gasteiger partial charge in [0.2, 0.25) is 0 Å². The van der Waals surface area contributed by atoms with Crippen LogP contribution in [0.25, 0.3) is 0 Å². The third-order valence-electron chi connectivity index (χ3n) is 7.57. The topological polar surface area (TPSA) is 172 Å². The molecule has 0 aromatic rings. The molecule has 18 heteroatoms. The van der Waals surface area contributed by atoms with Crippen LogP contribution in [0.5, 0.6) is 0 Å².